The molecule has 0 spiro atoms. The van der Waals surface area contributed by atoms with Crippen molar-refractivity contribution in [3.63, 3.8) is 0 Å². The largest absolute Gasteiger partial charge is 0.494 e. The first-order chi connectivity index (χ1) is 9.52. The van der Waals surface area contributed by atoms with E-state index in [0.29, 0.717) is 19.6 Å². The zero-order valence-electron chi connectivity index (χ0n) is 12.1. The maximum atomic E-state index is 12.3. The van der Waals surface area contributed by atoms with E-state index < -0.39 is 6.43 Å². The lowest BCUT2D eigenvalue weighted by molar-refractivity contribution is 0.0754. The Kier molecular flexibility index (Phi) is 7.47. The van der Waals surface area contributed by atoms with Gasteiger partial charge in [-0.3, -0.25) is 4.90 Å². The molecule has 0 heterocycles. The average molecular weight is 287 g/mol. The summed E-state index contributed by atoms with van der Waals surface area (Å²) in [5.74, 6) is 0.802. The summed E-state index contributed by atoms with van der Waals surface area (Å²) < 4.78 is 30.2. The molecule has 0 atom stereocenters. The van der Waals surface area contributed by atoms with Gasteiger partial charge in [0.05, 0.1) is 19.8 Å². The van der Waals surface area contributed by atoms with Crippen molar-refractivity contribution in [1.29, 1.82) is 0 Å². The summed E-state index contributed by atoms with van der Waals surface area (Å²) in [7, 11) is 0. The summed E-state index contributed by atoms with van der Waals surface area (Å²) in [5, 5.41) is 8.82. The molecule has 5 heteroatoms. The van der Waals surface area contributed by atoms with Crippen LogP contribution in [-0.2, 0) is 0 Å². The van der Waals surface area contributed by atoms with Gasteiger partial charge in [0.25, 0.3) is 6.43 Å². The van der Waals surface area contributed by atoms with E-state index in [1.54, 1.807) is 4.90 Å². The molecule has 1 aromatic rings. The van der Waals surface area contributed by atoms with E-state index >= 15 is 0 Å². The molecule has 1 aromatic carbocycles. The molecule has 0 radical (unpaired) electrons. The normalized spacial score (nSPS) is 11.3. The van der Waals surface area contributed by atoms with Crippen molar-refractivity contribution in [3.8, 4) is 5.75 Å². The highest BCUT2D eigenvalue weighted by molar-refractivity contribution is 5.33. The van der Waals surface area contributed by atoms with E-state index in [0.717, 1.165) is 5.75 Å². The lowest BCUT2D eigenvalue weighted by Crippen LogP contribution is -2.33. The van der Waals surface area contributed by atoms with E-state index in [9.17, 15) is 8.78 Å². The topological polar surface area (TPSA) is 32.7 Å². The number of nitrogens with zero attached hydrogens (tertiary/aromatic N) is 1. The monoisotopic (exact) mass is 287 g/mol. The molecule has 1 N–H and O–H groups in total. The van der Waals surface area contributed by atoms with Crippen molar-refractivity contribution in [2.75, 3.05) is 32.8 Å². The zero-order chi connectivity index (χ0) is 15.0. The number of hydrogen-bond donors (Lipinski definition) is 1. The molecule has 0 aliphatic heterocycles. The standard InChI is InChI=1S/C15H23F2NO2/c1-12-4-5-14(10-13(12)2)20-9-3-6-18(7-8-19)11-15(16)17/h4-5,10,15,19H,3,6-9,11H2,1-2H3. The van der Waals surface area contributed by atoms with Crippen LogP contribution in [0.15, 0.2) is 18.2 Å². The highest BCUT2D eigenvalue weighted by atomic mass is 19.3. The van der Waals surface area contributed by atoms with Crippen molar-refractivity contribution in [1.82, 2.24) is 4.90 Å². The van der Waals surface area contributed by atoms with Crippen molar-refractivity contribution >= 4 is 0 Å². The molecule has 20 heavy (non-hydrogen) atoms. The highest BCUT2D eigenvalue weighted by Crippen LogP contribution is 2.16. The Hall–Kier alpha value is -1.20. The number of ether oxygens (including phenoxy) is 1. The van der Waals surface area contributed by atoms with E-state index in [2.05, 4.69) is 0 Å². The predicted octanol–water partition coefficient (Wildman–Crippen LogP) is 2.63. The van der Waals surface area contributed by atoms with Crippen LogP contribution in [0.25, 0.3) is 0 Å². The zero-order valence-corrected chi connectivity index (χ0v) is 12.1. The molecule has 114 valence electrons. The maximum Gasteiger partial charge on any atom is 0.251 e. The molecule has 0 aliphatic carbocycles. The summed E-state index contributed by atoms with van der Waals surface area (Å²) >= 11 is 0. The average Bonchev–Trinajstić information content (AvgIpc) is 2.38. The third-order valence-corrected chi connectivity index (χ3v) is 3.18. The molecule has 0 bridgehead atoms. The van der Waals surface area contributed by atoms with E-state index in [-0.39, 0.29) is 19.7 Å². The quantitative estimate of drug-likeness (QED) is 0.709. The van der Waals surface area contributed by atoms with Crippen molar-refractivity contribution in [3.05, 3.63) is 29.3 Å². The van der Waals surface area contributed by atoms with Crippen molar-refractivity contribution < 1.29 is 18.6 Å². The fourth-order valence-electron chi connectivity index (χ4n) is 1.91. The van der Waals surface area contributed by atoms with Gasteiger partial charge in [0.2, 0.25) is 0 Å². The first-order valence-corrected chi connectivity index (χ1v) is 6.84. The Morgan fingerprint density at radius 1 is 1.20 bits per heavy atom. The number of hydrogen-bond acceptors (Lipinski definition) is 3. The van der Waals surface area contributed by atoms with Gasteiger partial charge in [-0.1, -0.05) is 6.07 Å². The molecule has 0 saturated heterocycles. The van der Waals surface area contributed by atoms with Crippen LogP contribution in [0.2, 0.25) is 0 Å². The van der Waals surface area contributed by atoms with Gasteiger partial charge in [-0.15, -0.1) is 0 Å². The van der Waals surface area contributed by atoms with Gasteiger partial charge in [0.1, 0.15) is 5.75 Å². The lowest BCUT2D eigenvalue weighted by atomic mass is 10.1. The number of rotatable bonds is 9. The molecular formula is C15H23F2NO2. The Balaban J connectivity index is 2.30. The minimum Gasteiger partial charge on any atom is -0.494 e. The molecule has 0 fully saturated rings. The Bertz CT molecular complexity index is 399. The Morgan fingerprint density at radius 3 is 2.55 bits per heavy atom. The number of benzene rings is 1. The SMILES string of the molecule is Cc1ccc(OCCCN(CCO)CC(F)F)cc1C. The second-order valence-corrected chi connectivity index (χ2v) is 4.86. The van der Waals surface area contributed by atoms with Gasteiger partial charge in [0.15, 0.2) is 0 Å². The maximum absolute atomic E-state index is 12.3. The lowest BCUT2D eigenvalue weighted by Gasteiger charge is -2.20. The highest BCUT2D eigenvalue weighted by Gasteiger charge is 2.11. The number of aliphatic hydroxyl groups excluding tert-OH is 1. The van der Waals surface area contributed by atoms with Crippen LogP contribution in [0, 0.1) is 13.8 Å². The molecule has 0 unspecified atom stereocenters. The van der Waals surface area contributed by atoms with E-state index in [1.807, 2.05) is 32.0 Å². The van der Waals surface area contributed by atoms with E-state index in [1.165, 1.54) is 11.1 Å². The summed E-state index contributed by atoms with van der Waals surface area (Å²) in [6, 6.07) is 5.88. The van der Waals surface area contributed by atoms with Crippen LogP contribution in [-0.4, -0.2) is 49.3 Å². The Morgan fingerprint density at radius 2 is 1.95 bits per heavy atom. The fraction of sp³-hybridized carbons (Fsp3) is 0.600. The van der Waals surface area contributed by atoms with E-state index in [4.69, 9.17) is 9.84 Å². The minimum atomic E-state index is -2.37. The molecule has 0 aromatic heterocycles. The Labute approximate surface area is 119 Å². The number of halogens is 2. The molecular weight excluding hydrogens is 264 g/mol. The van der Waals surface area contributed by atoms with Gasteiger partial charge in [-0.25, -0.2) is 8.78 Å². The first kappa shape index (κ1) is 16.9. The van der Waals surface area contributed by atoms with Gasteiger partial charge in [0, 0.05) is 13.1 Å². The number of aryl methyl sites for hydroxylation is 2. The van der Waals surface area contributed by atoms with Crippen molar-refractivity contribution in [2.24, 2.45) is 0 Å². The van der Waals surface area contributed by atoms with Gasteiger partial charge in [-0.2, -0.15) is 0 Å². The molecule has 0 aliphatic rings. The summed E-state index contributed by atoms with van der Waals surface area (Å²) in [6.45, 7) is 4.90. The van der Waals surface area contributed by atoms with Crippen LogP contribution in [0.3, 0.4) is 0 Å². The van der Waals surface area contributed by atoms with Crippen LogP contribution >= 0.6 is 0 Å². The van der Waals surface area contributed by atoms with Crippen LogP contribution in [0.5, 0.6) is 5.75 Å². The predicted molar refractivity (Wildman–Crippen MR) is 75.6 cm³/mol. The van der Waals surface area contributed by atoms with Gasteiger partial charge in [-0.05, 0) is 43.5 Å². The minimum absolute atomic E-state index is 0.106. The molecule has 0 amide bonds. The van der Waals surface area contributed by atoms with Crippen LogP contribution < -0.4 is 4.74 Å². The van der Waals surface area contributed by atoms with Gasteiger partial charge >= 0.3 is 0 Å². The number of aliphatic hydroxyl groups is 1. The third kappa shape index (κ3) is 6.30. The summed E-state index contributed by atoms with van der Waals surface area (Å²) in [5.41, 5.74) is 2.38. The van der Waals surface area contributed by atoms with Crippen molar-refractivity contribution in [2.45, 2.75) is 26.7 Å². The molecule has 0 saturated carbocycles. The van der Waals surface area contributed by atoms with Crippen LogP contribution in [0.1, 0.15) is 17.5 Å². The molecule has 3 nitrogen and oxygen atoms in total. The smallest absolute Gasteiger partial charge is 0.251 e. The first-order valence-electron chi connectivity index (χ1n) is 6.84. The summed E-state index contributed by atoms with van der Waals surface area (Å²) in [6.07, 6.45) is -1.72. The van der Waals surface area contributed by atoms with Crippen LogP contribution in [0.4, 0.5) is 8.78 Å². The van der Waals surface area contributed by atoms with Gasteiger partial charge < -0.3 is 9.84 Å². The molecule has 1 rings (SSSR count). The second kappa shape index (κ2) is 8.87. The third-order valence-electron chi connectivity index (χ3n) is 3.18. The second-order valence-electron chi connectivity index (χ2n) is 4.86. The summed E-state index contributed by atoms with van der Waals surface area (Å²) in [4.78, 5) is 1.55. The fourth-order valence-corrected chi connectivity index (χ4v) is 1.91. The number of alkyl halides is 2.